The van der Waals surface area contributed by atoms with Gasteiger partial charge in [0, 0.05) is 11.8 Å². The fraction of sp³-hybridized carbons (Fsp3) is 0.182. The second kappa shape index (κ2) is 6.00. The first kappa shape index (κ1) is 14.4. The lowest BCUT2D eigenvalue weighted by Gasteiger charge is -2.10. The molecule has 0 bridgehead atoms. The van der Waals surface area contributed by atoms with Gasteiger partial charge in [0.05, 0.1) is 18.1 Å². The third-order valence-corrected chi connectivity index (χ3v) is 2.34. The molecule has 9 heteroatoms. The lowest BCUT2D eigenvalue weighted by Crippen LogP contribution is -2.20. The summed E-state index contributed by atoms with van der Waals surface area (Å²) >= 11 is 5.55. The van der Waals surface area contributed by atoms with Crippen LogP contribution in [-0.2, 0) is 0 Å². The highest BCUT2D eigenvalue weighted by molar-refractivity contribution is 6.29. The van der Waals surface area contributed by atoms with E-state index in [0.29, 0.717) is 0 Å². The average molecular weight is 308 g/mol. The van der Waals surface area contributed by atoms with Crippen molar-refractivity contribution in [2.45, 2.75) is 12.8 Å². The number of aromatic nitrogens is 3. The first-order chi connectivity index (χ1) is 9.47. The van der Waals surface area contributed by atoms with Gasteiger partial charge >= 0.3 is 6.43 Å². The number of hydrogen-bond acceptors (Lipinski definition) is 4. The van der Waals surface area contributed by atoms with Crippen LogP contribution in [0.15, 0.2) is 24.7 Å². The summed E-state index contributed by atoms with van der Waals surface area (Å²) in [4.78, 5) is 11.0. The summed E-state index contributed by atoms with van der Waals surface area (Å²) in [5.74, 6) is -1.95. The van der Waals surface area contributed by atoms with E-state index in [0.717, 1.165) is 12.3 Å². The van der Waals surface area contributed by atoms with E-state index in [-0.39, 0.29) is 16.4 Å². The molecule has 2 rings (SSSR count). The first-order valence-corrected chi connectivity index (χ1v) is 5.57. The largest absolute Gasteiger partial charge is 0.435 e. The Labute approximate surface area is 115 Å². The minimum atomic E-state index is -3.39. The van der Waals surface area contributed by atoms with Crippen LogP contribution >= 0.6 is 11.6 Å². The van der Waals surface area contributed by atoms with Gasteiger partial charge < -0.3 is 4.74 Å². The number of halogens is 5. The minimum absolute atomic E-state index is 0.152. The van der Waals surface area contributed by atoms with Crippen LogP contribution in [0.2, 0.25) is 5.15 Å². The van der Waals surface area contributed by atoms with Crippen LogP contribution in [0, 0.1) is 5.82 Å². The van der Waals surface area contributed by atoms with Crippen LogP contribution in [0.25, 0.3) is 11.3 Å². The molecule has 0 saturated carbocycles. The molecule has 20 heavy (non-hydrogen) atoms. The van der Waals surface area contributed by atoms with Crippen molar-refractivity contribution in [1.29, 1.82) is 0 Å². The average Bonchev–Trinajstić information content (AvgIpc) is 2.41. The molecule has 106 valence electrons. The van der Waals surface area contributed by atoms with Crippen molar-refractivity contribution in [2.75, 3.05) is 0 Å². The molecule has 0 fully saturated rings. The Balaban J connectivity index is 2.23. The fourth-order valence-electron chi connectivity index (χ4n) is 1.27. The molecular formula is C11H6ClF4N3O. The Hall–Kier alpha value is -1.96. The fourth-order valence-corrected chi connectivity index (χ4v) is 1.37. The molecule has 0 N–H and O–H groups in total. The molecule has 2 heterocycles. The van der Waals surface area contributed by atoms with E-state index >= 15 is 0 Å². The van der Waals surface area contributed by atoms with E-state index in [9.17, 15) is 17.6 Å². The topological polar surface area (TPSA) is 47.9 Å². The van der Waals surface area contributed by atoms with Gasteiger partial charge in [-0.2, -0.15) is 4.39 Å². The standard InChI is InChI=1S/C11H6ClF4N3O/c12-8-4-17-7(3-18-8)5-1-6(13)11(19-2-5)20-10(16)9(14)15/h1-4,9-10H. The Morgan fingerprint density at radius 1 is 1.05 bits per heavy atom. The maximum absolute atomic E-state index is 13.6. The molecule has 0 spiro atoms. The van der Waals surface area contributed by atoms with Gasteiger partial charge in [-0.25, -0.2) is 23.1 Å². The third kappa shape index (κ3) is 3.32. The number of hydrogen-bond donors (Lipinski definition) is 0. The van der Waals surface area contributed by atoms with Crippen molar-refractivity contribution >= 4 is 11.6 Å². The van der Waals surface area contributed by atoms with Crippen LogP contribution in [0.3, 0.4) is 0 Å². The smallest absolute Gasteiger partial charge is 0.304 e. The summed E-state index contributed by atoms with van der Waals surface area (Å²) < 4.78 is 54.2. The molecule has 2 aromatic rings. The normalized spacial score (nSPS) is 12.5. The predicted molar refractivity (Wildman–Crippen MR) is 61.8 cm³/mol. The molecular weight excluding hydrogens is 302 g/mol. The quantitative estimate of drug-likeness (QED) is 0.813. The van der Waals surface area contributed by atoms with Crippen molar-refractivity contribution in [3.63, 3.8) is 0 Å². The maximum atomic E-state index is 13.6. The molecule has 1 atom stereocenters. The van der Waals surface area contributed by atoms with Gasteiger partial charge in [0.1, 0.15) is 5.15 Å². The highest BCUT2D eigenvalue weighted by Gasteiger charge is 2.23. The zero-order valence-corrected chi connectivity index (χ0v) is 10.4. The molecule has 4 nitrogen and oxygen atoms in total. The molecule has 0 radical (unpaired) electrons. The Kier molecular flexibility index (Phi) is 4.33. The molecule has 0 aliphatic carbocycles. The maximum Gasteiger partial charge on any atom is 0.304 e. The monoisotopic (exact) mass is 307 g/mol. The Morgan fingerprint density at radius 2 is 1.80 bits per heavy atom. The second-order valence-electron chi connectivity index (χ2n) is 3.54. The van der Waals surface area contributed by atoms with E-state index in [1.807, 2.05) is 0 Å². The zero-order chi connectivity index (χ0) is 14.7. The number of nitrogens with zero attached hydrogens (tertiary/aromatic N) is 3. The number of ether oxygens (including phenoxy) is 1. The zero-order valence-electron chi connectivity index (χ0n) is 9.60. The molecule has 0 aliphatic heterocycles. The molecule has 0 saturated heterocycles. The summed E-state index contributed by atoms with van der Waals surface area (Å²) in [5.41, 5.74) is 0.476. The van der Waals surface area contributed by atoms with Gasteiger partial charge in [-0.1, -0.05) is 11.6 Å². The number of rotatable bonds is 4. The molecule has 0 aromatic carbocycles. The summed E-state index contributed by atoms with van der Waals surface area (Å²) in [5, 5.41) is 0.152. The van der Waals surface area contributed by atoms with Crippen molar-refractivity contribution in [2.24, 2.45) is 0 Å². The lowest BCUT2D eigenvalue weighted by atomic mass is 10.2. The molecule has 0 aliphatic rings. The van der Waals surface area contributed by atoms with Crippen LogP contribution in [0.4, 0.5) is 17.6 Å². The molecule has 1 unspecified atom stereocenters. The first-order valence-electron chi connectivity index (χ1n) is 5.19. The van der Waals surface area contributed by atoms with Crippen molar-refractivity contribution in [3.8, 4) is 17.1 Å². The van der Waals surface area contributed by atoms with Gasteiger partial charge in [0.25, 0.3) is 12.2 Å². The van der Waals surface area contributed by atoms with Crippen LogP contribution < -0.4 is 4.74 Å². The van der Waals surface area contributed by atoms with Crippen LogP contribution in [-0.4, -0.2) is 27.7 Å². The second-order valence-corrected chi connectivity index (χ2v) is 3.93. The van der Waals surface area contributed by atoms with Gasteiger partial charge in [0.2, 0.25) is 0 Å². The summed E-state index contributed by atoms with van der Waals surface area (Å²) in [6.45, 7) is 0. The molecule has 2 aromatic heterocycles. The van der Waals surface area contributed by atoms with Gasteiger partial charge in [-0.05, 0) is 6.07 Å². The summed E-state index contributed by atoms with van der Waals surface area (Å²) in [7, 11) is 0. The van der Waals surface area contributed by atoms with E-state index in [1.54, 1.807) is 0 Å². The van der Waals surface area contributed by atoms with Gasteiger partial charge in [-0.15, -0.1) is 0 Å². The number of alkyl halides is 3. The SMILES string of the molecule is Fc1cc(-c2cnc(Cl)cn2)cnc1OC(F)C(F)F. The highest BCUT2D eigenvalue weighted by atomic mass is 35.5. The van der Waals surface area contributed by atoms with Crippen LogP contribution in [0.5, 0.6) is 5.88 Å². The van der Waals surface area contributed by atoms with E-state index in [4.69, 9.17) is 11.6 Å². The third-order valence-electron chi connectivity index (χ3n) is 2.15. The Bertz CT molecular complexity index is 597. The summed E-state index contributed by atoms with van der Waals surface area (Å²) in [6.07, 6.45) is -2.73. The highest BCUT2D eigenvalue weighted by Crippen LogP contribution is 2.23. The number of pyridine rings is 1. The van der Waals surface area contributed by atoms with Crippen molar-refractivity contribution < 1.29 is 22.3 Å². The van der Waals surface area contributed by atoms with Crippen molar-refractivity contribution in [1.82, 2.24) is 15.0 Å². The Morgan fingerprint density at radius 3 is 2.35 bits per heavy atom. The minimum Gasteiger partial charge on any atom is -0.435 e. The lowest BCUT2D eigenvalue weighted by molar-refractivity contribution is -0.0707. The van der Waals surface area contributed by atoms with E-state index in [1.165, 1.54) is 12.4 Å². The van der Waals surface area contributed by atoms with Crippen LogP contribution in [0.1, 0.15) is 0 Å². The van der Waals surface area contributed by atoms with E-state index in [2.05, 4.69) is 19.7 Å². The summed E-state index contributed by atoms with van der Waals surface area (Å²) in [6, 6.07) is 0.915. The predicted octanol–water partition coefficient (Wildman–Crippen LogP) is 3.27. The molecule has 0 amide bonds. The van der Waals surface area contributed by atoms with Crippen molar-refractivity contribution in [3.05, 3.63) is 35.6 Å². The van der Waals surface area contributed by atoms with E-state index < -0.39 is 24.5 Å². The van der Waals surface area contributed by atoms with Gasteiger partial charge in [0.15, 0.2) is 5.82 Å². The van der Waals surface area contributed by atoms with Gasteiger partial charge in [-0.3, -0.25) is 4.98 Å².